The quantitative estimate of drug-likeness (QED) is 0.804. The second-order valence-electron chi connectivity index (χ2n) is 4.71. The molecule has 1 aliphatic rings. The maximum absolute atomic E-state index is 12.4. The van der Waals surface area contributed by atoms with Crippen molar-refractivity contribution in [1.29, 1.82) is 0 Å². The lowest BCUT2D eigenvalue weighted by Crippen LogP contribution is -2.50. The van der Waals surface area contributed by atoms with Gasteiger partial charge >= 0.3 is 6.09 Å². The van der Waals surface area contributed by atoms with Crippen molar-refractivity contribution in [2.75, 3.05) is 39.0 Å². The molecule has 1 fully saturated rings. The molecule has 5 nitrogen and oxygen atoms in total. The monoisotopic (exact) mass is 308 g/mol. The Morgan fingerprint density at radius 2 is 1.67 bits per heavy atom. The molecule has 1 aromatic carbocycles. The summed E-state index contributed by atoms with van der Waals surface area (Å²) in [7, 11) is 0. The van der Waals surface area contributed by atoms with Crippen LogP contribution in [0.15, 0.2) is 29.2 Å². The van der Waals surface area contributed by atoms with Crippen LogP contribution in [0.1, 0.15) is 17.3 Å². The van der Waals surface area contributed by atoms with Crippen LogP contribution in [0.25, 0.3) is 0 Å². The number of hydrogen-bond donors (Lipinski definition) is 0. The molecule has 1 aromatic rings. The minimum Gasteiger partial charge on any atom is -0.450 e. The molecular formula is C15H20N2O3S. The van der Waals surface area contributed by atoms with Gasteiger partial charge < -0.3 is 14.5 Å². The third kappa shape index (κ3) is 3.91. The van der Waals surface area contributed by atoms with Crippen LogP contribution >= 0.6 is 11.8 Å². The van der Waals surface area contributed by atoms with E-state index in [0.29, 0.717) is 38.3 Å². The van der Waals surface area contributed by atoms with Crippen LogP contribution in [-0.2, 0) is 4.74 Å². The Labute approximate surface area is 129 Å². The maximum atomic E-state index is 12.4. The molecule has 114 valence electrons. The molecule has 0 bridgehead atoms. The number of hydrogen-bond acceptors (Lipinski definition) is 4. The normalized spacial score (nSPS) is 15.0. The van der Waals surface area contributed by atoms with E-state index < -0.39 is 0 Å². The van der Waals surface area contributed by atoms with Gasteiger partial charge in [-0.2, -0.15) is 0 Å². The molecule has 0 radical (unpaired) electrons. The topological polar surface area (TPSA) is 49.9 Å². The summed E-state index contributed by atoms with van der Waals surface area (Å²) in [6.45, 7) is 4.29. The van der Waals surface area contributed by atoms with Crippen LogP contribution < -0.4 is 0 Å². The molecule has 0 saturated carbocycles. The average molecular weight is 308 g/mol. The molecule has 1 saturated heterocycles. The number of nitrogens with zero attached hydrogens (tertiary/aromatic N) is 2. The fourth-order valence-corrected chi connectivity index (χ4v) is 2.63. The predicted octanol–water partition coefficient (Wildman–Crippen LogP) is 2.32. The van der Waals surface area contributed by atoms with Gasteiger partial charge in [0, 0.05) is 36.6 Å². The van der Waals surface area contributed by atoms with Gasteiger partial charge in [0.2, 0.25) is 0 Å². The largest absolute Gasteiger partial charge is 0.450 e. The third-order valence-corrected chi connectivity index (χ3v) is 4.17. The highest BCUT2D eigenvalue weighted by molar-refractivity contribution is 7.98. The highest BCUT2D eigenvalue weighted by Gasteiger charge is 2.25. The molecule has 2 rings (SSSR count). The third-order valence-electron chi connectivity index (χ3n) is 3.43. The van der Waals surface area contributed by atoms with Gasteiger partial charge in [0.05, 0.1) is 6.61 Å². The van der Waals surface area contributed by atoms with Crippen LogP contribution in [0.2, 0.25) is 0 Å². The number of rotatable bonds is 3. The first-order valence-electron chi connectivity index (χ1n) is 7.00. The molecule has 0 aliphatic carbocycles. The van der Waals surface area contributed by atoms with Crippen molar-refractivity contribution >= 4 is 23.8 Å². The van der Waals surface area contributed by atoms with E-state index in [9.17, 15) is 9.59 Å². The van der Waals surface area contributed by atoms with E-state index in [0.717, 1.165) is 4.90 Å². The van der Waals surface area contributed by atoms with Gasteiger partial charge in [-0.3, -0.25) is 4.79 Å². The predicted molar refractivity (Wildman–Crippen MR) is 82.7 cm³/mol. The van der Waals surface area contributed by atoms with Gasteiger partial charge in [-0.15, -0.1) is 11.8 Å². The minimum absolute atomic E-state index is 0.0196. The Bertz CT molecular complexity index is 496. The number of amides is 2. The smallest absolute Gasteiger partial charge is 0.409 e. The highest BCUT2D eigenvalue weighted by atomic mass is 32.2. The first-order chi connectivity index (χ1) is 10.2. The molecule has 0 unspecified atom stereocenters. The van der Waals surface area contributed by atoms with Crippen LogP contribution in [0.4, 0.5) is 4.79 Å². The Morgan fingerprint density at radius 1 is 1.10 bits per heavy atom. The Balaban J connectivity index is 1.92. The molecule has 1 heterocycles. The van der Waals surface area contributed by atoms with E-state index in [-0.39, 0.29) is 12.0 Å². The van der Waals surface area contributed by atoms with Crippen LogP contribution in [0.3, 0.4) is 0 Å². The molecule has 0 atom stereocenters. The van der Waals surface area contributed by atoms with E-state index in [2.05, 4.69) is 0 Å². The summed E-state index contributed by atoms with van der Waals surface area (Å²) < 4.78 is 4.97. The lowest BCUT2D eigenvalue weighted by molar-refractivity contribution is 0.0570. The Morgan fingerprint density at radius 3 is 2.19 bits per heavy atom. The highest BCUT2D eigenvalue weighted by Crippen LogP contribution is 2.16. The van der Waals surface area contributed by atoms with Crippen LogP contribution in [0, 0.1) is 0 Å². The summed E-state index contributed by atoms with van der Waals surface area (Å²) >= 11 is 1.65. The van der Waals surface area contributed by atoms with E-state index in [1.807, 2.05) is 30.5 Å². The van der Waals surface area contributed by atoms with Crippen molar-refractivity contribution in [1.82, 2.24) is 9.80 Å². The molecular weight excluding hydrogens is 288 g/mol. The van der Waals surface area contributed by atoms with Crippen molar-refractivity contribution < 1.29 is 14.3 Å². The van der Waals surface area contributed by atoms with Gasteiger partial charge in [0.15, 0.2) is 0 Å². The summed E-state index contributed by atoms with van der Waals surface area (Å²) in [4.78, 5) is 28.6. The van der Waals surface area contributed by atoms with Crippen LogP contribution in [-0.4, -0.2) is 60.8 Å². The van der Waals surface area contributed by atoms with E-state index in [1.54, 1.807) is 28.5 Å². The Kier molecular flexibility index (Phi) is 5.50. The zero-order chi connectivity index (χ0) is 15.2. The SMILES string of the molecule is CCOC(=O)N1CCN(C(=O)c2ccc(SC)cc2)CC1. The van der Waals surface area contributed by atoms with Crippen molar-refractivity contribution in [3.05, 3.63) is 29.8 Å². The van der Waals surface area contributed by atoms with E-state index in [4.69, 9.17) is 4.74 Å². The standard InChI is InChI=1S/C15H20N2O3S/c1-3-20-15(19)17-10-8-16(9-11-17)14(18)12-4-6-13(21-2)7-5-12/h4-7H,3,8-11H2,1-2H3. The first kappa shape index (κ1) is 15.7. The molecule has 0 N–H and O–H groups in total. The molecule has 1 aliphatic heterocycles. The maximum Gasteiger partial charge on any atom is 0.409 e. The minimum atomic E-state index is -0.297. The number of ether oxygens (including phenoxy) is 1. The lowest BCUT2D eigenvalue weighted by Gasteiger charge is -2.34. The van der Waals surface area contributed by atoms with Gasteiger partial charge in [-0.05, 0) is 37.4 Å². The van der Waals surface area contributed by atoms with Crippen molar-refractivity contribution in [2.24, 2.45) is 0 Å². The van der Waals surface area contributed by atoms with Gasteiger partial charge in [-0.1, -0.05) is 0 Å². The zero-order valence-electron chi connectivity index (χ0n) is 12.4. The molecule has 6 heteroatoms. The summed E-state index contributed by atoms with van der Waals surface area (Å²) in [6, 6.07) is 7.61. The molecule has 0 spiro atoms. The number of thioether (sulfide) groups is 1. The van der Waals surface area contributed by atoms with E-state index in [1.165, 1.54) is 0 Å². The summed E-state index contributed by atoms with van der Waals surface area (Å²) in [5, 5.41) is 0. The van der Waals surface area contributed by atoms with Crippen LogP contribution in [0.5, 0.6) is 0 Å². The molecule has 21 heavy (non-hydrogen) atoms. The number of carbonyl (C=O) groups excluding carboxylic acids is 2. The van der Waals surface area contributed by atoms with Gasteiger partial charge in [-0.25, -0.2) is 4.79 Å². The van der Waals surface area contributed by atoms with Gasteiger partial charge in [0.25, 0.3) is 5.91 Å². The van der Waals surface area contributed by atoms with Crippen molar-refractivity contribution in [3.8, 4) is 0 Å². The van der Waals surface area contributed by atoms with Crippen molar-refractivity contribution in [3.63, 3.8) is 0 Å². The van der Waals surface area contributed by atoms with Gasteiger partial charge in [0.1, 0.15) is 0 Å². The lowest BCUT2D eigenvalue weighted by atomic mass is 10.2. The molecule has 0 aromatic heterocycles. The fourth-order valence-electron chi connectivity index (χ4n) is 2.22. The first-order valence-corrected chi connectivity index (χ1v) is 8.23. The average Bonchev–Trinajstić information content (AvgIpc) is 2.54. The number of carbonyl (C=O) groups is 2. The summed E-state index contributed by atoms with van der Waals surface area (Å²) in [6.07, 6.45) is 1.71. The Hall–Kier alpha value is -1.69. The second-order valence-corrected chi connectivity index (χ2v) is 5.59. The fraction of sp³-hybridized carbons (Fsp3) is 0.467. The zero-order valence-corrected chi connectivity index (χ0v) is 13.2. The summed E-state index contributed by atoms with van der Waals surface area (Å²) in [5.74, 6) is 0.0196. The molecule has 2 amide bonds. The van der Waals surface area contributed by atoms with E-state index >= 15 is 0 Å². The number of piperazine rings is 1. The summed E-state index contributed by atoms with van der Waals surface area (Å²) in [5.41, 5.74) is 0.692. The van der Waals surface area contributed by atoms with Crippen molar-refractivity contribution in [2.45, 2.75) is 11.8 Å². The number of benzene rings is 1. The second kappa shape index (κ2) is 7.36.